The number of thiazole rings is 1. The van der Waals surface area contributed by atoms with E-state index in [4.69, 9.17) is 9.47 Å². The SMILES string of the molecule is CCOc1ccc(CCNC(=O)/C=C/c2csc(C)n2)cc1OCC. The summed E-state index contributed by atoms with van der Waals surface area (Å²) in [5, 5.41) is 5.79. The van der Waals surface area contributed by atoms with Crippen LogP contribution in [-0.2, 0) is 11.2 Å². The molecule has 1 aromatic heterocycles. The van der Waals surface area contributed by atoms with Gasteiger partial charge in [0, 0.05) is 18.0 Å². The Bertz CT molecular complexity index is 725. The highest BCUT2D eigenvalue weighted by Crippen LogP contribution is 2.28. The topological polar surface area (TPSA) is 60.5 Å². The van der Waals surface area contributed by atoms with Gasteiger partial charge in [-0.05, 0) is 51.0 Å². The molecule has 0 radical (unpaired) electrons. The first kappa shape index (κ1) is 19.0. The van der Waals surface area contributed by atoms with Crippen LogP contribution in [0.2, 0.25) is 0 Å². The molecule has 6 heteroatoms. The summed E-state index contributed by atoms with van der Waals surface area (Å²) in [5.74, 6) is 1.37. The molecule has 1 aromatic carbocycles. The number of benzene rings is 1. The fourth-order valence-corrected chi connectivity index (χ4v) is 2.84. The average Bonchev–Trinajstić information content (AvgIpc) is 3.01. The second-order valence-electron chi connectivity index (χ2n) is 5.31. The van der Waals surface area contributed by atoms with E-state index < -0.39 is 0 Å². The van der Waals surface area contributed by atoms with Crippen LogP contribution in [0, 0.1) is 6.92 Å². The standard InChI is InChI=1S/C19H24N2O3S/c1-4-23-17-8-6-15(12-18(17)24-5-2)10-11-20-19(22)9-7-16-13-25-14(3)21-16/h6-9,12-13H,4-5,10-11H2,1-3H3,(H,20,22)/b9-7+. The lowest BCUT2D eigenvalue weighted by Crippen LogP contribution is -2.23. The molecule has 0 aliphatic rings. The lowest BCUT2D eigenvalue weighted by atomic mass is 10.1. The lowest BCUT2D eigenvalue weighted by Gasteiger charge is -2.12. The van der Waals surface area contributed by atoms with E-state index in [1.54, 1.807) is 17.4 Å². The minimum Gasteiger partial charge on any atom is -0.490 e. The Hall–Kier alpha value is -2.34. The summed E-state index contributed by atoms with van der Waals surface area (Å²) in [5.41, 5.74) is 1.90. The number of ether oxygens (including phenoxy) is 2. The van der Waals surface area contributed by atoms with Gasteiger partial charge >= 0.3 is 0 Å². The van der Waals surface area contributed by atoms with Crippen molar-refractivity contribution in [1.29, 1.82) is 0 Å². The predicted molar refractivity (Wildman–Crippen MR) is 101 cm³/mol. The number of carbonyl (C=O) groups is 1. The minimum atomic E-state index is -0.123. The Morgan fingerprint density at radius 2 is 2.00 bits per heavy atom. The molecule has 0 aliphatic carbocycles. The van der Waals surface area contributed by atoms with Gasteiger partial charge in [0.05, 0.1) is 23.9 Å². The second-order valence-corrected chi connectivity index (χ2v) is 6.38. The van der Waals surface area contributed by atoms with Gasteiger partial charge in [-0.1, -0.05) is 6.07 Å². The first-order valence-electron chi connectivity index (χ1n) is 8.39. The van der Waals surface area contributed by atoms with E-state index >= 15 is 0 Å². The zero-order valence-electron chi connectivity index (χ0n) is 14.9. The summed E-state index contributed by atoms with van der Waals surface area (Å²) in [6.45, 7) is 7.56. The Kier molecular flexibility index (Phi) is 7.47. The van der Waals surface area contributed by atoms with Crippen LogP contribution in [0.15, 0.2) is 29.7 Å². The van der Waals surface area contributed by atoms with Gasteiger partial charge in [-0.25, -0.2) is 4.98 Å². The summed E-state index contributed by atoms with van der Waals surface area (Å²) in [7, 11) is 0. The third kappa shape index (κ3) is 6.23. The van der Waals surface area contributed by atoms with Gasteiger partial charge in [-0.15, -0.1) is 11.3 Å². The number of nitrogens with zero attached hydrogens (tertiary/aromatic N) is 1. The Morgan fingerprint density at radius 3 is 2.68 bits per heavy atom. The number of amides is 1. The molecule has 25 heavy (non-hydrogen) atoms. The molecule has 1 amide bonds. The number of aromatic nitrogens is 1. The molecule has 2 aromatic rings. The molecule has 5 nitrogen and oxygen atoms in total. The first-order chi connectivity index (χ1) is 12.1. The third-order valence-corrected chi connectivity index (χ3v) is 4.15. The van der Waals surface area contributed by atoms with Crippen LogP contribution < -0.4 is 14.8 Å². The monoisotopic (exact) mass is 360 g/mol. The highest BCUT2D eigenvalue weighted by atomic mass is 32.1. The zero-order chi connectivity index (χ0) is 18.1. The maximum Gasteiger partial charge on any atom is 0.244 e. The van der Waals surface area contributed by atoms with Crippen molar-refractivity contribution in [1.82, 2.24) is 10.3 Å². The van der Waals surface area contributed by atoms with E-state index in [-0.39, 0.29) is 5.91 Å². The smallest absolute Gasteiger partial charge is 0.244 e. The summed E-state index contributed by atoms with van der Waals surface area (Å²) in [6, 6.07) is 5.87. The van der Waals surface area contributed by atoms with Crippen LogP contribution in [-0.4, -0.2) is 30.6 Å². The zero-order valence-corrected chi connectivity index (χ0v) is 15.7. The van der Waals surface area contributed by atoms with Crippen molar-refractivity contribution in [2.24, 2.45) is 0 Å². The van der Waals surface area contributed by atoms with Crippen molar-refractivity contribution in [3.8, 4) is 11.5 Å². The van der Waals surface area contributed by atoms with E-state index in [1.807, 2.05) is 44.4 Å². The Labute approximate surface area is 152 Å². The number of nitrogens with one attached hydrogen (secondary N) is 1. The van der Waals surface area contributed by atoms with E-state index in [9.17, 15) is 4.79 Å². The molecule has 1 heterocycles. The van der Waals surface area contributed by atoms with Gasteiger partial charge in [0.15, 0.2) is 11.5 Å². The van der Waals surface area contributed by atoms with Gasteiger partial charge in [-0.3, -0.25) is 4.79 Å². The van der Waals surface area contributed by atoms with Gasteiger partial charge in [-0.2, -0.15) is 0 Å². The summed E-state index contributed by atoms with van der Waals surface area (Å²) in [6.07, 6.45) is 3.96. The molecule has 0 spiro atoms. The molecule has 0 atom stereocenters. The predicted octanol–water partition coefficient (Wildman–Crippen LogP) is 3.62. The highest BCUT2D eigenvalue weighted by Gasteiger charge is 2.06. The van der Waals surface area contributed by atoms with Crippen molar-refractivity contribution in [2.45, 2.75) is 27.2 Å². The van der Waals surface area contributed by atoms with Crippen molar-refractivity contribution in [3.63, 3.8) is 0 Å². The fourth-order valence-electron chi connectivity index (χ4n) is 2.26. The van der Waals surface area contributed by atoms with Crippen molar-refractivity contribution in [2.75, 3.05) is 19.8 Å². The van der Waals surface area contributed by atoms with E-state index in [2.05, 4.69) is 10.3 Å². The number of aryl methyl sites for hydroxylation is 1. The fraction of sp³-hybridized carbons (Fsp3) is 0.368. The molecular formula is C19H24N2O3S. The molecule has 134 valence electrons. The normalized spacial score (nSPS) is 10.8. The van der Waals surface area contributed by atoms with Crippen LogP contribution in [0.5, 0.6) is 11.5 Å². The van der Waals surface area contributed by atoms with Crippen LogP contribution >= 0.6 is 11.3 Å². The van der Waals surface area contributed by atoms with Gasteiger partial charge in [0.1, 0.15) is 0 Å². The van der Waals surface area contributed by atoms with Gasteiger partial charge < -0.3 is 14.8 Å². The van der Waals surface area contributed by atoms with Crippen molar-refractivity contribution in [3.05, 3.63) is 45.9 Å². The average molecular weight is 360 g/mol. The second kappa shape index (κ2) is 9.84. The molecular weight excluding hydrogens is 336 g/mol. The number of carbonyl (C=O) groups excluding carboxylic acids is 1. The molecule has 0 saturated heterocycles. The van der Waals surface area contributed by atoms with E-state index in [0.29, 0.717) is 19.8 Å². The quantitative estimate of drug-likeness (QED) is 0.694. The summed E-state index contributed by atoms with van der Waals surface area (Å²) < 4.78 is 11.2. The lowest BCUT2D eigenvalue weighted by molar-refractivity contribution is -0.116. The third-order valence-electron chi connectivity index (χ3n) is 3.36. The molecule has 0 fully saturated rings. The van der Waals surface area contributed by atoms with Gasteiger partial charge in [0.25, 0.3) is 0 Å². The van der Waals surface area contributed by atoms with Crippen LogP contribution in [0.3, 0.4) is 0 Å². The number of hydrogen-bond acceptors (Lipinski definition) is 5. The number of rotatable bonds is 9. The highest BCUT2D eigenvalue weighted by molar-refractivity contribution is 7.09. The molecule has 0 unspecified atom stereocenters. The molecule has 0 bridgehead atoms. The molecule has 0 saturated carbocycles. The summed E-state index contributed by atoms with van der Waals surface area (Å²) >= 11 is 1.56. The Morgan fingerprint density at radius 1 is 1.24 bits per heavy atom. The van der Waals surface area contributed by atoms with Crippen LogP contribution in [0.25, 0.3) is 6.08 Å². The number of hydrogen-bond donors (Lipinski definition) is 1. The largest absolute Gasteiger partial charge is 0.490 e. The van der Waals surface area contributed by atoms with Crippen LogP contribution in [0.1, 0.15) is 30.1 Å². The Balaban J connectivity index is 1.85. The molecule has 0 aliphatic heterocycles. The van der Waals surface area contributed by atoms with Gasteiger partial charge in [0.2, 0.25) is 5.91 Å². The van der Waals surface area contributed by atoms with Crippen molar-refractivity contribution < 1.29 is 14.3 Å². The maximum atomic E-state index is 11.9. The molecule has 2 rings (SSSR count). The van der Waals surface area contributed by atoms with Crippen molar-refractivity contribution >= 4 is 23.3 Å². The van der Waals surface area contributed by atoms with E-state index in [1.165, 1.54) is 6.08 Å². The maximum absolute atomic E-state index is 11.9. The minimum absolute atomic E-state index is 0.123. The summed E-state index contributed by atoms with van der Waals surface area (Å²) in [4.78, 5) is 16.1. The van der Waals surface area contributed by atoms with Crippen LogP contribution in [0.4, 0.5) is 0 Å². The first-order valence-corrected chi connectivity index (χ1v) is 9.27. The molecule has 1 N–H and O–H groups in total. The van der Waals surface area contributed by atoms with E-state index in [0.717, 1.165) is 34.2 Å².